The maximum Gasteiger partial charge on any atom is 0.228 e. The molecule has 1 aromatic carbocycles. The van der Waals surface area contributed by atoms with Gasteiger partial charge < -0.3 is 10.2 Å². The summed E-state index contributed by atoms with van der Waals surface area (Å²) in [5.41, 5.74) is 1.49. The van der Waals surface area contributed by atoms with E-state index in [1.54, 1.807) is 24.0 Å². The van der Waals surface area contributed by atoms with Crippen LogP contribution in [-0.4, -0.2) is 49.9 Å². The number of carbonyl (C=O) groups excluding carboxylic acids is 2. The lowest BCUT2D eigenvalue weighted by molar-refractivity contribution is -0.121. The second-order valence-electron chi connectivity index (χ2n) is 6.78. The molecule has 26 heavy (non-hydrogen) atoms. The third-order valence-electron chi connectivity index (χ3n) is 5.03. The van der Waals surface area contributed by atoms with Gasteiger partial charge in [-0.3, -0.25) is 9.59 Å². The normalized spacial score (nSPS) is 21.8. The molecule has 0 spiro atoms. The number of piperidine rings is 1. The van der Waals surface area contributed by atoms with Crippen molar-refractivity contribution in [3.05, 3.63) is 24.3 Å². The number of rotatable bonds is 5. The number of carbonyl (C=O) groups is 2. The molecule has 2 aliphatic rings. The van der Waals surface area contributed by atoms with Crippen LogP contribution in [0, 0.1) is 5.92 Å². The molecule has 2 aliphatic heterocycles. The zero-order chi connectivity index (χ0) is 18.7. The van der Waals surface area contributed by atoms with Crippen molar-refractivity contribution >= 4 is 33.2 Å². The standard InChI is InChI=1S/C18H25N3O4S/c1-2-26(24,25)20-11-3-5-14(13-20)18(23)19-15-7-9-16(10-8-15)21-12-4-6-17(21)22/h7-10,14H,2-6,11-13H2,1H3,(H,19,23)/t14-/m1/s1. The number of hydrogen-bond donors (Lipinski definition) is 1. The highest BCUT2D eigenvalue weighted by Crippen LogP contribution is 2.25. The van der Waals surface area contributed by atoms with Gasteiger partial charge in [0.05, 0.1) is 11.7 Å². The lowest BCUT2D eigenvalue weighted by Crippen LogP contribution is -2.44. The number of sulfonamides is 1. The van der Waals surface area contributed by atoms with Gasteiger partial charge in [-0.2, -0.15) is 0 Å². The Morgan fingerprint density at radius 1 is 1.19 bits per heavy atom. The van der Waals surface area contributed by atoms with Crippen LogP contribution in [0.2, 0.25) is 0 Å². The van der Waals surface area contributed by atoms with Gasteiger partial charge in [0.2, 0.25) is 21.8 Å². The quantitative estimate of drug-likeness (QED) is 0.845. The summed E-state index contributed by atoms with van der Waals surface area (Å²) < 4.78 is 25.5. The number of hydrogen-bond acceptors (Lipinski definition) is 4. The first-order valence-corrected chi connectivity index (χ1v) is 10.7. The fourth-order valence-corrected chi connectivity index (χ4v) is 4.66. The fraction of sp³-hybridized carbons (Fsp3) is 0.556. The molecule has 7 nitrogen and oxygen atoms in total. The molecule has 142 valence electrons. The van der Waals surface area contributed by atoms with Gasteiger partial charge in [-0.1, -0.05) is 0 Å². The van der Waals surface area contributed by atoms with E-state index in [2.05, 4.69) is 5.32 Å². The van der Waals surface area contributed by atoms with Crippen molar-refractivity contribution in [2.45, 2.75) is 32.6 Å². The second-order valence-corrected chi connectivity index (χ2v) is 9.04. The zero-order valence-corrected chi connectivity index (χ0v) is 15.8. The minimum atomic E-state index is -3.26. The van der Waals surface area contributed by atoms with E-state index in [-0.39, 0.29) is 30.0 Å². The van der Waals surface area contributed by atoms with Gasteiger partial charge in [0, 0.05) is 37.4 Å². The van der Waals surface area contributed by atoms with Crippen LogP contribution in [0.3, 0.4) is 0 Å². The monoisotopic (exact) mass is 379 g/mol. The molecular formula is C18H25N3O4S. The zero-order valence-electron chi connectivity index (χ0n) is 15.0. The highest BCUT2D eigenvalue weighted by atomic mass is 32.2. The van der Waals surface area contributed by atoms with Crippen LogP contribution in [0.25, 0.3) is 0 Å². The summed E-state index contributed by atoms with van der Waals surface area (Å²) in [7, 11) is -3.26. The Bertz CT molecular complexity index is 776. The number of benzene rings is 1. The van der Waals surface area contributed by atoms with E-state index in [1.807, 2.05) is 12.1 Å². The van der Waals surface area contributed by atoms with E-state index < -0.39 is 10.0 Å². The fourth-order valence-electron chi connectivity index (χ4n) is 3.48. The SMILES string of the molecule is CCS(=O)(=O)N1CCC[C@@H](C(=O)Nc2ccc(N3CCCC3=O)cc2)C1. The Kier molecular flexibility index (Phi) is 5.62. The van der Waals surface area contributed by atoms with Crippen LogP contribution in [-0.2, 0) is 19.6 Å². The average molecular weight is 379 g/mol. The Balaban J connectivity index is 1.61. The molecule has 0 saturated carbocycles. The van der Waals surface area contributed by atoms with Crippen molar-refractivity contribution in [2.24, 2.45) is 5.92 Å². The van der Waals surface area contributed by atoms with Crippen LogP contribution in [0.1, 0.15) is 32.6 Å². The summed E-state index contributed by atoms with van der Waals surface area (Å²) in [6.45, 7) is 3.07. The van der Waals surface area contributed by atoms with E-state index in [1.165, 1.54) is 4.31 Å². The molecule has 1 atom stereocenters. The molecule has 0 radical (unpaired) electrons. The first-order valence-electron chi connectivity index (χ1n) is 9.10. The molecule has 0 bridgehead atoms. The van der Waals surface area contributed by atoms with Gasteiger partial charge in [0.25, 0.3) is 0 Å². The number of amides is 2. The Hall–Kier alpha value is -1.93. The van der Waals surface area contributed by atoms with E-state index in [4.69, 9.17) is 0 Å². The molecule has 2 amide bonds. The Labute approximate surface area is 154 Å². The van der Waals surface area contributed by atoms with Crippen LogP contribution in [0.5, 0.6) is 0 Å². The van der Waals surface area contributed by atoms with Crippen molar-refractivity contribution in [2.75, 3.05) is 35.6 Å². The third kappa shape index (κ3) is 4.07. The smallest absolute Gasteiger partial charge is 0.228 e. The predicted octanol–water partition coefficient (Wildman–Crippen LogP) is 1.81. The van der Waals surface area contributed by atoms with Crippen molar-refractivity contribution in [3.8, 4) is 0 Å². The largest absolute Gasteiger partial charge is 0.326 e. The molecule has 0 unspecified atom stereocenters. The maximum atomic E-state index is 12.5. The van der Waals surface area contributed by atoms with E-state index in [0.717, 1.165) is 18.7 Å². The Morgan fingerprint density at radius 2 is 1.92 bits per heavy atom. The van der Waals surface area contributed by atoms with E-state index in [9.17, 15) is 18.0 Å². The minimum absolute atomic E-state index is 0.0536. The predicted molar refractivity (Wildman–Crippen MR) is 100 cm³/mol. The van der Waals surface area contributed by atoms with Crippen molar-refractivity contribution in [1.82, 2.24) is 4.31 Å². The highest BCUT2D eigenvalue weighted by Gasteiger charge is 2.31. The topological polar surface area (TPSA) is 86.8 Å². The van der Waals surface area contributed by atoms with Crippen LogP contribution in [0.15, 0.2) is 24.3 Å². The lowest BCUT2D eigenvalue weighted by Gasteiger charge is -2.30. The number of nitrogens with one attached hydrogen (secondary N) is 1. The molecule has 8 heteroatoms. The van der Waals surface area contributed by atoms with E-state index >= 15 is 0 Å². The summed E-state index contributed by atoms with van der Waals surface area (Å²) in [6, 6.07) is 7.21. The summed E-state index contributed by atoms with van der Waals surface area (Å²) >= 11 is 0. The van der Waals surface area contributed by atoms with Gasteiger partial charge in [-0.05, 0) is 50.5 Å². The minimum Gasteiger partial charge on any atom is -0.326 e. The molecular weight excluding hydrogens is 354 g/mol. The van der Waals surface area contributed by atoms with Crippen LogP contribution in [0.4, 0.5) is 11.4 Å². The third-order valence-corrected chi connectivity index (χ3v) is 6.88. The molecule has 1 aromatic rings. The molecule has 2 fully saturated rings. The summed E-state index contributed by atoms with van der Waals surface area (Å²) in [4.78, 5) is 26.1. The van der Waals surface area contributed by atoms with Crippen molar-refractivity contribution in [1.29, 1.82) is 0 Å². The van der Waals surface area contributed by atoms with Crippen LogP contribution < -0.4 is 10.2 Å². The summed E-state index contributed by atoms with van der Waals surface area (Å²) in [6.07, 6.45) is 2.82. The first kappa shape index (κ1) is 18.8. The molecule has 1 N–H and O–H groups in total. The highest BCUT2D eigenvalue weighted by molar-refractivity contribution is 7.89. The molecule has 2 saturated heterocycles. The van der Waals surface area contributed by atoms with Crippen molar-refractivity contribution < 1.29 is 18.0 Å². The summed E-state index contributed by atoms with van der Waals surface area (Å²) in [5.74, 6) is -0.324. The molecule has 0 aliphatic carbocycles. The number of anilines is 2. The Morgan fingerprint density at radius 3 is 2.54 bits per heavy atom. The van der Waals surface area contributed by atoms with Gasteiger partial charge in [-0.15, -0.1) is 0 Å². The second kappa shape index (κ2) is 7.75. The molecule has 3 rings (SSSR count). The van der Waals surface area contributed by atoms with Crippen molar-refractivity contribution in [3.63, 3.8) is 0 Å². The van der Waals surface area contributed by atoms with Crippen LogP contribution >= 0.6 is 0 Å². The maximum absolute atomic E-state index is 12.5. The lowest BCUT2D eigenvalue weighted by atomic mass is 9.98. The van der Waals surface area contributed by atoms with Gasteiger partial charge in [0.15, 0.2) is 0 Å². The molecule has 0 aromatic heterocycles. The van der Waals surface area contributed by atoms with Gasteiger partial charge in [-0.25, -0.2) is 12.7 Å². The van der Waals surface area contributed by atoms with Gasteiger partial charge in [0.1, 0.15) is 0 Å². The average Bonchev–Trinajstić information content (AvgIpc) is 3.08. The summed E-state index contributed by atoms with van der Waals surface area (Å²) in [5, 5.41) is 2.87. The first-order chi connectivity index (χ1) is 12.4. The molecule has 2 heterocycles. The number of nitrogens with zero attached hydrogens (tertiary/aromatic N) is 2. The van der Waals surface area contributed by atoms with E-state index in [0.29, 0.717) is 31.5 Å². The van der Waals surface area contributed by atoms with Gasteiger partial charge >= 0.3 is 0 Å².